The van der Waals surface area contributed by atoms with E-state index in [2.05, 4.69) is 27.1 Å². The van der Waals surface area contributed by atoms with E-state index in [0.717, 1.165) is 50.6 Å². The second kappa shape index (κ2) is 8.09. The van der Waals surface area contributed by atoms with E-state index in [4.69, 9.17) is 9.15 Å². The van der Waals surface area contributed by atoms with E-state index in [1.165, 1.54) is 0 Å². The van der Waals surface area contributed by atoms with E-state index in [0.29, 0.717) is 25.7 Å². The molecule has 2 fully saturated rings. The van der Waals surface area contributed by atoms with Gasteiger partial charge in [-0.25, -0.2) is 4.98 Å². The van der Waals surface area contributed by atoms with Crippen LogP contribution in [0.4, 0.5) is 0 Å². The van der Waals surface area contributed by atoms with Gasteiger partial charge in [0.15, 0.2) is 0 Å². The maximum absolute atomic E-state index is 12.1. The quantitative estimate of drug-likeness (QED) is 0.794. The number of nitrogens with zero attached hydrogens (tertiary/aromatic N) is 3. The number of carbonyl (C=O) groups is 1. The Hall–Kier alpha value is -1.44. The van der Waals surface area contributed by atoms with Crippen molar-refractivity contribution in [3.8, 4) is 0 Å². The van der Waals surface area contributed by atoms with Gasteiger partial charge in [0.25, 0.3) is 0 Å². The molecule has 24 heavy (non-hydrogen) atoms. The Morgan fingerprint density at radius 2 is 2.38 bits per heavy atom. The second-order valence-corrected chi connectivity index (χ2v) is 6.90. The van der Waals surface area contributed by atoms with Crippen LogP contribution in [0.15, 0.2) is 10.6 Å². The Kier molecular flexibility index (Phi) is 5.86. The van der Waals surface area contributed by atoms with Crippen molar-refractivity contribution in [2.24, 2.45) is 0 Å². The van der Waals surface area contributed by atoms with Gasteiger partial charge >= 0.3 is 0 Å². The highest BCUT2D eigenvalue weighted by molar-refractivity contribution is 5.78. The number of aryl methyl sites for hydroxylation is 1. The minimum absolute atomic E-state index is 0.0946. The molecule has 1 aromatic heterocycles. The predicted octanol–water partition coefficient (Wildman–Crippen LogP) is 0.784. The topological polar surface area (TPSA) is 70.8 Å². The number of aromatic nitrogens is 1. The summed E-state index contributed by atoms with van der Waals surface area (Å²) in [6.45, 7) is 6.40. The molecule has 0 radical (unpaired) electrons. The number of rotatable bonds is 7. The van der Waals surface area contributed by atoms with Crippen LogP contribution in [0.25, 0.3) is 0 Å². The molecule has 3 heterocycles. The summed E-state index contributed by atoms with van der Waals surface area (Å²) in [6.07, 6.45) is 5.18. The number of hydrogen-bond donors (Lipinski definition) is 1. The molecule has 0 aliphatic carbocycles. The van der Waals surface area contributed by atoms with Gasteiger partial charge in [-0.3, -0.25) is 14.6 Å². The van der Waals surface area contributed by atoms with Crippen LogP contribution in [0.3, 0.4) is 0 Å². The predicted molar refractivity (Wildman–Crippen MR) is 89.5 cm³/mol. The van der Waals surface area contributed by atoms with E-state index in [1.54, 1.807) is 6.20 Å². The van der Waals surface area contributed by atoms with E-state index in [1.807, 2.05) is 6.92 Å². The van der Waals surface area contributed by atoms with Gasteiger partial charge in [-0.2, -0.15) is 0 Å². The van der Waals surface area contributed by atoms with Crippen molar-refractivity contribution >= 4 is 5.91 Å². The Morgan fingerprint density at radius 1 is 1.50 bits per heavy atom. The zero-order valence-corrected chi connectivity index (χ0v) is 14.7. The molecule has 0 spiro atoms. The number of likely N-dealkylation sites (N-methyl/N-ethyl adjacent to an activating group) is 1. The minimum atomic E-state index is 0.0946. The first kappa shape index (κ1) is 17.4. The van der Waals surface area contributed by atoms with Crippen LogP contribution in [0.1, 0.15) is 30.9 Å². The van der Waals surface area contributed by atoms with Crippen LogP contribution in [0.2, 0.25) is 0 Å². The lowest BCUT2D eigenvalue weighted by molar-refractivity contribution is -0.122. The molecule has 2 saturated heterocycles. The molecule has 2 aliphatic heterocycles. The molecule has 2 atom stereocenters. The van der Waals surface area contributed by atoms with E-state index in [9.17, 15) is 4.79 Å². The third-order valence-corrected chi connectivity index (χ3v) is 4.84. The van der Waals surface area contributed by atoms with Gasteiger partial charge in [-0.15, -0.1) is 0 Å². The van der Waals surface area contributed by atoms with Crippen molar-refractivity contribution < 1.29 is 13.9 Å². The van der Waals surface area contributed by atoms with Gasteiger partial charge in [0.2, 0.25) is 11.8 Å². The highest BCUT2D eigenvalue weighted by atomic mass is 16.5. The summed E-state index contributed by atoms with van der Waals surface area (Å²) >= 11 is 0. The number of likely N-dealkylation sites (tertiary alicyclic amines) is 1. The summed E-state index contributed by atoms with van der Waals surface area (Å²) in [5.41, 5.74) is 0. The molecule has 1 amide bonds. The third-order valence-electron chi connectivity index (χ3n) is 4.84. The molecule has 3 rings (SSSR count). The molecule has 0 unspecified atom stereocenters. The van der Waals surface area contributed by atoms with Crippen LogP contribution in [-0.2, 0) is 16.1 Å². The van der Waals surface area contributed by atoms with Crippen molar-refractivity contribution in [2.75, 3.05) is 39.8 Å². The maximum atomic E-state index is 12.1. The molecular weight excluding hydrogens is 308 g/mol. The van der Waals surface area contributed by atoms with Crippen LogP contribution in [-0.4, -0.2) is 72.7 Å². The van der Waals surface area contributed by atoms with Gasteiger partial charge in [-0.05, 0) is 33.2 Å². The first-order chi connectivity index (χ1) is 11.6. The SMILES string of the molecule is Cc1cnc(CN(C)[C@H]2CCN(CC(=O)NC[C@H]3CCCO3)C2)o1. The molecule has 1 aromatic rings. The van der Waals surface area contributed by atoms with Crippen LogP contribution < -0.4 is 5.32 Å². The van der Waals surface area contributed by atoms with Gasteiger partial charge in [0, 0.05) is 32.3 Å². The van der Waals surface area contributed by atoms with Crippen molar-refractivity contribution in [1.29, 1.82) is 0 Å². The number of hydrogen-bond acceptors (Lipinski definition) is 6. The number of ether oxygens (including phenoxy) is 1. The zero-order chi connectivity index (χ0) is 16.9. The molecule has 0 bridgehead atoms. The van der Waals surface area contributed by atoms with E-state index in [-0.39, 0.29) is 12.0 Å². The van der Waals surface area contributed by atoms with Crippen molar-refractivity contribution in [3.63, 3.8) is 0 Å². The number of carbonyl (C=O) groups excluding carboxylic acids is 1. The van der Waals surface area contributed by atoms with E-state index < -0.39 is 0 Å². The number of nitrogens with one attached hydrogen (secondary N) is 1. The Balaban J connectivity index is 1.37. The molecule has 134 valence electrons. The lowest BCUT2D eigenvalue weighted by Gasteiger charge is -2.23. The second-order valence-electron chi connectivity index (χ2n) is 6.90. The normalized spacial score (nSPS) is 24.8. The van der Waals surface area contributed by atoms with Gasteiger partial charge in [0.05, 0.1) is 25.4 Å². The van der Waals surface area contributed by atoms with Crippen molar-refractivity contribution in [2.45, 2.75) is 44.9 Å². The molecule has 0 aromatic carbocycles. The summed E-state index contributed by atoms with van der Waals surface area (Å²) in [5.74, 6) is 1.69. The van der Waals surface area contributed by atoms with Crippen LogP contribution in [0.5, 0.6) is 0 Å². The molecule has 2 aliphatic rings. The molecule has 7 heteroatoms. The van der Waals surface area contributed by atoms with Gasteiger partial charge < -0.3 is 14.5 Å². The van der Waals surface area contributed by atoms with E-state index >= 15 is 0 Å². The van der Waals surface area contributed by atoms with Gasteiger partial charge in [-0.1, -0.05) is 0 Å². The lowest BCUT2D eigenvalue weighted by atomic mass is 10.2. The Bertz CT molecular complexity index is 542. The smallest absolute Gasteiger partial charge is 0.234 e. The Morgan fingerprint density at radius 3 is 3.08 bits per heavy atom. The fraction of sp³-hybridized carbons (Fsp3) is 0.765. The summed E-state index contributed by atoms with van der Waals surface area (Å²) in [6, 6.07) is 0.433. The van der Waals surface area contributed by atoms with Crippen LogP contribution >= 0.6 is 0 Å². The largest absolute Gasteiger partial charge is 0.445 e. The summed E-state index contributed by atoms with van der Waals surface area (Å²) in [5, 5.41) is 2.99. The third kappa shape index (κ3) is 4.78. The maximum Gasteiger partial charge on any atom is 0.234 e. The van der Waals surface area contributed by atoms with Crippen molar-refractivity contribution in [3.05, 3.63) is 17.8 Å². The number of oxazole rings is 1. The highest BCUT2D eigenvalue weighted by Crippen LogP contribution is 2.16. The average Bonchev–Trinajstić information content (AvgIpc) is 3.27. The summed E-state index contributed by atoms with van der Waals surface area (Å²) < 4.78 is 11.1. The fourth-order valence-electron chi connectivity index (χ4n) is 3.42. The minimum Gasteiger partial charge on any atom is -0.445 e. The lowest BCUT2D eigenvalue weighted by Crippen LogP contribution is -2.41. The van der Waals surface area contributed by atoms with Gasteiger partial charge in [0.1, 0.15) is 5.76 Å². The highest BCUT2D eigenvalue weighted by Gasteiger charge is 2.27. The molecule has 0 saturated carbocycles. The first-order valence-corrected chi connectivity index (χ1v) is 8.82. The first-order valence-electron chi connectivity index (χ1n) is 8.82. The summed E-state index contributed by atoms with van der Waals surface area (Å²) in [4.78, 5) is 20.8. The number of amides is 1. The summed E-state index contributed by atoms with van der Waals surface area (Å²) in [7, 11) is 2.09. The Labute approximate surface area is 143 Å². The molecular formula is C17H28N4O3. The zero-order valence-electron chi connectivity index (χ0n) is 14.7. The standard InChI is InChI=1S/C17H28N4O3/c1-13-8-19-17(24-13)12-20(2)14-5-6-21(10-14)11-16(22)18-9-15-4-3-7-23-15/h8,14-15H,3-7,9-12H2,1-2H3,(H,18,22)/t14-,15+/m0/s1. The molecule has 7 nitrogen and oxygen atoms in total. The molecule has 1 N–H and O–H groups in total. The van der Waals surface area contributed by atoms with Crippen molar-refractivity contribution in [1.82, 2.24) is 20.1 Å². The monoisotopic (exact) mass is 336 g/mol. The average molecular weight is 336 g/mol. The fourth-order valence-corrected chi connectivity index (χ4v) is 3.42. The van der Waals surface area contributed by atoms with Crippen LogP contribution in [0, 0.1) is 6.92 Å².